The molecule has 1 aromatic heterocycles. The molecule has 116 valence electrons. The van der Waals surface area contributed by atoms with Gasteiger partial charge in [-0.05, 0) is 27.2 Å². The van der Waals surface area contributed by atoms with Crippen LogP contribution in [0.1, 0.15) is 42.4 Å². The van der Waals surface area contributed by atoms with Crippen molar-refractivity contribution in [2.75, 3.05) is 13.1 Å². The number of likely N-dealkylation sites (tertiary alicyclic amines) is 1. The van der Waals surface area contributed by atoms with Crippen LogP contribution in [0.5, 0.6) is 5.75 Å². The number of carbonyl (C=O) groups is 2. The van der Waals surface area contributed by atoms with Gasteiger partial charge >= 0.3 is 6.09 Å². The molecule has 0 aliphatic carbocycles. The number of rotatable bonds is 1. The summed E-state index contributed by atoms with van der Waals surface area (Å²) in [5.74, 6) is 0.466. The molecule has 7 heteroatoms. The maximum atomic E-state index is 11.1. The number of carbonyl (C=O) groups excluding carboxylic acids is 2. The van der Waals surface area contributed by atoms with E-state index in [1.807, 2.05) is 20.8 Å². The van der Waals surface area contributed by atoms with E-state index in [4.69, 9.17) is 15.2 Å². The van der Waals surface area contributed by atoms with Crippen LogP contribution in [0.4, 0.5) is 4.79 Å². The Bertz CT molecular complexity index is 544. The smallest absolute Gasteiger partial charge is 0.410 e. The molecule has 0 unspecified atom stereocenters. The van der Waals surface area contributed by atoms with Crippen LogP contribution >= 0.6 is 11.3 Å². The van der Waals surface area contributed by atoms with E-state index in [0.717, 1.165) is 30.8 Å². The van der Waals surface area contributed by atoms with Gasteiger partial charge in [-0.3, -0.25) is 4.79 Å². The van der Waals surface area contributed by atoms with E-state index in [1.165, 1.54) is 11.3 Å². The van der Waals surface area contributed by atoms with Gasteiger partial charge in [0.2, 0.25) is 0 Å². The van der Waals surface area contributed by atoms with Crippen molar-refractivity contribution in [1.82, 2.24) is 4.90 Å². The van der Waals surface area contributed by atoms with Gasteiger partial charge in [-0.25, -0.2) is 4.79 Å². The highest BCUT2D eigenvalue weighted by molar-refractivity contribution is 7.12. The van der Waals surface area contributed by atoms with Gasteiger partial charge in [-0.2, -0.15) is 0 Å². The Labute approximate surface area is 127 Å². The molecule has 0 saturated carbocycles. The Morgan fingerprint density at radius 1 is 1.38 bits per heavy atom. The van der Waals surface area contributed by atoms with Crippen molar-refractivity contribution in [3.05, 3.63) is 15.8 Å². The molecule has 3 heterocycles. The van der Waals surface area contributed by atoms with Crippen molar-refractivity contribution in [2.24, 2.45) is 5.73 Å². The first kappa shape index (κ1) is 15.6. The zero-order valence-corrected chi connectivity index (χ0v) is 13.3. The summed E-state index contributed by atoms with van der Waals surface area (Å²) >= 11 is 1.35. The number of hydrogen-bond donors (Lipinski definition) is 1. The molecule has 21 heavy (non-hydrogen) atoms. The number of primary amides is 1. The molecule has 0 bridgehead atoms. The number of fused-ring (bicyclic) bond motifs is 1. The topological polar surface area (TPSA) is 81.9 Å². The van der Waals surface area contributed by atoms with E-state index in [-0.39, 0.29) is 17.6 Å². The summed E-state index contributed by atoms with van der Waals surface area (Å²) in [5, 5.41) is 1.80. The Hall–Kier alpha value is -1.76. The van der Waals surface area contributed by atoms with E-state index in [0.29, 0.717) is 11.5 Å². The highest BCUT2D eigenvalue weighted by Gasteiger charge is 2.25. The van der Waals surface area contributed by atoms with Gasteiger partial charge in [-0.15, -0.1) is 11.3 Å². The van der Waals surface area contributed by atoms with Gasteiger partial charge in [0.25, 0.3) is 5.91 Å². The van der Waals surface area contributed by atoms with Crippen molar-refractivity contribution in [2.45, 2.75) is 39.4 Å². The van der Waals surface area contributed by atoms with E-state index in [1.54, 1.807) is 10.3 Å². The fourth-order valence-corrected chi connectivity index (χ4v) is 2.58. The van der Waals surface area contributed by atoms with Crippen molar-refractivity contribution < 1.29 is 19.1 Å². The summed E-state index contributed by atoms with van der Waals surface area (Å²) in [6.07, 6.45) is 0.933. The molecular weight excluding hydrogens is 292 g/mol. The van der Waals surface area contributed by atoms with Crippen molar-refractivity contribution >= 4 is 23.3 Å². The summed E-state index contributed by atoms with van der Waals surface area (Å²) < 4.78 is 10.1. The van der Waals surface area contributed by atoms with E-state index in [2.05, 4.69) is 0 Å². The van der Waals surface area contributed by atoms with Crippen LogP contribution in [0.3, 0.4) is 0 Å². The number of nitrogens with zero attached hydrogens (tertiary/aromatic N) is 1. The van der Waals surface area contributed by atoms with Crippen LogP contribution < -0.4 is 10.5 Å². The molecule has 2 aliphatic heterocycles. The van der Waals surface area contributed by atoms with E-state index >= 15 is 0 Å². The highest BCUT2D eigenvalue weighted by atomic mass is 32.1. The largest absolute Gasteiger partial charge is 0.487 e. The van der Waals surface area contributed by atoms with Crippen molar-refractivity contribution in [3.63, 3.8) is 0 Å². The molecule has 0 spiro atoms. The van der Waals surface area contributed by atoms with Gasteiger partial charge < -0.3 is 20.1 Å². The Kier molecular flexibility index (Phi) is 4.41. The lowest BCUT2D eigenvalue weighted by Crippen LogP contribution is -2.44. The molecule has 2 amide bonds. The van der Waals surface area contributed by atoms with Crippen LogP contribution in [0, 0.1) is 0 Å². The Morgan fingerprint density at radius 2 is 2.05 bits per heavy atom. The van der Waals surface area contributed by atoms with Gasteiger partial charge in [-0.1, -0.05) is 0 Å². The number of nitrogens with two attached hydrogens (primary N) is 1. The van der Waals surface area contributed by atoms with Crippen LogP contribution in [0.2, 0.25) is 0 Å². The van der Waals surface area contributed by atoms with Gasteiger partial charge in [0.1, 0.15) is 22.8 Å². The molecule has 6 nitrogen and oxygen atoms in total. The van der Waals surface area contributed by atoms with Crippen molar-refractivity contribution in [1.29, 1.82) is 0 Å². The van der Waals surface area contributed by atoms with Gasteiger partial charge in [0.15, 0.2) is 0 Å². The van der Waals surface area contributed by atoms with E-state index < -0.39 is 0 Å². The molecular formula is C14H20N2O4S. The zero-order valence-electron chi connectivity index (χ0n) is 12.5. The summed E-state index contributed by atoms with van der Waals surface area (Å²) in [6, 6.07) is 0. The lowest BCUT2D eigenvalue weighted by molar-refractivity contribution is 0.0131. The first-order chi connectivity index (χ1) is 9.78. The molecule has 2 N–H and O–H groups in total. The first-order valence-electron chi connectivity index (χ1n) is 6.79. The lowest BCUT2D eigenvalue weighted by Gasteiger charge is -2.32. The third-order valence-electron chi connectivity index (χ3n) is 2.96. The quantitative estimate of drug-likeness (QED) is 0.863. The number of hydrogen-bond acceptors (Lipinski definition) is 5. The van der Waals surface area contributed by atoms with Crippen LogP contribution in [-0.4, -0.2) is 35.6 Å². The minimum absolute atomic E-state index is 0.177. The fraction of sp³-hybridized carbons (Fsp3) is 0.571. The third-order valence-corrected chi connectivity index (χ3v) is 3.97. The summed E-state index contributed by atoms with van der Waals surface area (Å²) in [5.41, 5.74) is 5.69. The number of amides is 2. The molecule has 0 radical (unpaired) electrons. The normalized spacial score (nSPS) is 15.5. The SMILES string of the molecule is CC(C)(C)OC(=O)N1CCC1.NC(=O)c1scc2c1CO2. The molecule has 1 aromatic rings. The minimum atomic E-state index is -0.354. The standard InChI is InChI=1S/C8H15NO2.C6H5NO2S/c1-8(2,3)11-7(10)9-5-4-6-9;7-6(8)5-3-1-9-4(3)2-10-5/h4-6H2,1-3H3;2H,1H2,(H2,7,8). The first-order valence-corrected chi connectivity index (χ1v) is 7.67. The van der Waals surface area contributed by atoms with Crippen LogP contribution in [0.15, 0.2) is 5.38 Å². The molecule has 0 aromatic carbocycles. The summed E-state index contributed by atoms with van der Waals surface area (Å²) in [4.78, 5) is 24.1. The summed E-state index contributed by atoms with van der Waals surface area (Å²) in [7, 11) is 0. The molecule has 1 fully saturated rings. The summed E-state index contributed by atoms with van der Waals surface area (Å²) in [6.45, 7) is 7.89. The molecule has 0 atom stereocenters. The van der Waals surface area contributed by atoms with Crippen molar-refractivity contribution in [3.8, 4) is 5.75 Å². The van der Waals surface area contributed by atoms with Crippen LogP contribution in [-0.2, 0) is 11.3 Å². The zero-order chi connectivity index (χ0) is 15.6. The second kappa shape index (κ2) is 5.93. The highest BCUT2D eigenvalue weighted by Crippen LogP contribution is 2.36. The number of thiophene rings is 1. The minimum Gasteiger partial charge on any atom is -0.487 e. The average molecular weight is 312 g/mol. The maximum Gasteiger partial charge on any atom is 0.410 e. The average Bonchev–Trinajstić information content (AvgIpc) is 2.49. The van der Waals surface area contributed by atoms with Gasteiger partial charge in [0, 0.05) is 18.5 Å². The molecule has 2 aliphatic rings. The Morgan fingerprint density at radius 3 is 2.33 bits per heavy atom. The van der Waals surface area contributed by atoms with Gasteiger partial charge in [0.05, 0.1) is 5.56 Å². The van der Waals surface area contributed by atoms with E-state index in [9.17, 15) is 9.59 Å². The Balaban J connectivity index is 0.000000154. The lowest BCUT2D eigenvalue weighted by atomic mass is 10.2. The molecule has 3 rings (SSSR count). The van der Waals surface area contributed by atoms with Crippen LogP contribution in [0.25, 0.3) is 0 Å². The monoisotopic (exact) mass is 312 g/mol. The maximum absolute atomic E-state index is 11.1. The second-order valence-corrected chi connectivity index (χ2v) is 6.76. The predicted molar refractivity (Wildman–Crippen MR) is 79.6 cm³/mol. The predicted octanol–water partition coefficient (Wildman–Crippen LogP) is 2.37. The fourth-order valence-electron chi connectivity index (χ4n) is 1.73. The number of ether oxygens (including phenoxy) is 2. The second-order valence-electron chi connectivity index (χ2n) is 5.88. The third kappa shape index (κ3) is 3.87. The molecule has 1 saturated heterocycles.